The Labute approximate surface area is 110 Å². The molecule has 0 saturated heterocycles. The van der Waals surface area contributed by atoms with E-state index in [-0.39, 0.29) is 22.2 Å². The summed E-state index contributed by atoms with van der Waals surface area (Å²) in [6.45, 7) is 0.408. The first-order valence-corrected chi connectivity index (χ1v) is 5.86. The number of halogens is 1. The Morgan fingerprint density at radius 1 is 1.11 bits per heavy atom. The number of phenols is 1. The summed E-state index contributed by atoms with van der Waals surface area (Å²) < 4.78 is 0. The Hall–Kier alpha value is -2.00. The molecule has 3 nitrogen and oxygen atoms in total. The van der Waals surface area contributed by atoms with Crippen molar-refractivity contribution >= 4 is 17.5 Å². The van der Waals surface area contributed by atoms with Crippen molar-refractivity contribution in [2.75, 3.05) is 0 Å². The predicted octanol–water partition coefficient (Wildman–Crippen LogP) is 2.98. The van der Waals surface area contributed by atoms with Crippen molar-refractivity contribution in [3.05, 3.63) is 64.7 Å². The van der Waals surface area contributed by atoms with Crippen LogP contribution < -0.4 is 5.32 Å². The van der Waals surface area contributed by atoms with Gasteiger partial charge in [0.05, 0.1) is 10.6 Å². The molecule has 0 unspecified atom stereocenters. The van der Waals surface area contributed by atoms with E-state index in [1.807, 2.05) is 30.3 Å². The molecule has 4 heteroatoms. The van der Waals surface area contributed by atoms with Crippen molar-refractivity contribution in [3.63, 3.8) is 0 Å². The molecule has 0 aliphatic carbocycles. The third-order valence-electron chi connectivity index (χ3n) is 2.53. The number of benzene rings is 2. The SMILES string of the molecule is O=C(NCc1ccccc1)c1cccc(Cl)c1O. The minimum atomic E-state index is -0.348. The van der Waals surface area contributed by atoms with Crippen LogP contribution in [-0.4, -0.2) is 11.0 Å². The molecule has 0 aliphatic heterocycles. The van der Waals surface area contributed by atoms with Gasteiger partial charge in [0.2, 0.25) is 0 Å². The number of amides is 1. The number of hydrogen-bond donors (Lipinski definition) is 2. The third-order valence-corrected chi connectivity index (χ3v) is 2.83. The number of phenolic OH excluding ortho intramolecular Hbond substituents is 1. The molecule has 0 heterocycles. The molecule has 0 spiro atoms. The number of para-hydroxylation sites is 1. The maximum atomic E-state index is 11.9. The smallest absolute Gasteiger partial charge is 0.255 e. The van der Waals surface area contributed by atoms with E-state index >= 15 is 0 Å². The molecule has 2 aromatic rings. The number of rotatable bonds is 3. The zero-order valence-electron chi connectivity index (χ0n) is 9.56. The highest BCUT2D eigenvalue weighted by Crippen LogP contribution is 2.26. The lowest BCUT2D eigenvalue weighted by atomic mass is 10.1. The monoisotopic (exact) mass is 261 g/mol. The van der Waals surface area contributed by atoms with E-state index in [0.717, 1.165) is 5.56 Å². The number of carbonyl (C=O) groups excluding carboxylic acids is 1. The second kappa shape index (κ2) is 5.56. The Kier molecular flexibility index (Phi) is 3.85. The number of aromatic hydroxyl groups is 1. The van der Waals surface area contributed by atoms with Gasteiger partial charge >= 0.3 is 0 Å². The van der Waals surface area contributed by atoms with E-state index in [1.165, 1.54) is 12.1 Å². The molecule has 0 radical (unpaired) electrons. The first kappa shape index (κ1) is 12.5. The fraction of sp³-hybridized carbons (Fsp3) is 0.0714. The highest BCUT2D eigenvalue weighted by Gasteiger charge is 2.12. The Morgan fingerprint density at radius 2 is 1.83 bits per heavy atom. The lowest BCUT2D eigenvalue weighted by Gasteiger charge is -2.07. The van der Waals surface area contributed by atoms with Crippen LogP contribution in [0.5, 0.6) is 5.75 Å². The van der Waals surface area contributed by atoms with Crippen molar-refractivity contribution < 1.29 is 9.90 Å². The van der Waals surface area contributed by atoms with Crippen molar-refractivity contribution in [3.8, 4) is 5.75 Å². The van der Waals surface area contributed by atoms with E-state index in [0.29, 0.717) is 6.54 Å². The maximum Gasteiger partial charge on any atom is 0.255 e. The Bertz CT molecular complexity index is 555. The molecule has 1 amide bonds. The van der Waals surface area contributed by atoms with Crippen LogP contribution in [0.4, 0.5) is 0 Å². The predicted molar refractivity (Wildman–Crippen MR) is 70.7 cm³/mol. The standard InChI is InChI=1S/C14H12ClNO2/c15-12-8-4-7-11(13(12)17)14(18)16-9-10-5-2-1-3-6-10/h1-8,17H,9H2,(H,16,18). The molecule has 0 aliphatic rings. The molecule has 0 bridgehead atoms. The van der Waals surface area contributed by atoms with Gasteiger partial charge in [0.25, 0.3) is 5.91 Å². The van der Waals surface area contributed by atoms with Crippen molar-refractivity contribution in [1.82, 2.24) is 5.32 Å². The van der Waals surface area contributed by atoms with Gasteiger partial charge in [-0.05, 0) is 17.7 Å². The molecule has 0 aromatic heterocycles. The fourth-order valence-corrected chi connectivity index (χ4v) is 1.75. The van der Waals surface area contributed by atoms with Gasteiger partial charge in [0.1, 0.15) is 5.75 Å². The van der Waals surface area contributed by atoms with Gasteiger partial charge in [0, 0.05) is 6.54 Å². The van der Waals surface area contributed by atoms with E-state index < -0.39 is 0 Å². The van der Waals surface area contributed by atoms with Gasteiger partial charge in [-0.15, -0.1) is 0 Å². The molecular weight excluding hydrogens is 250 g/mol. The third kappa shape index (κ3) is 2.81. The van der Waals surface area contributed by atoms with E-state index in [9.17, 15) is 9.90 Å². The van der Waals surface area contributed by atoms with Crippen LogP contribution in [-0.2, 0) is 6.54 Å². The Morgan fingerprint density at radius 3 is 2.56 bits per heavy atom. The minimum absolute atomic E-state index is 0.169. The van der Waals surface area contributed by atoms with Crippen LogP contribution in [0.1, 0.15) is 15.9 Å². The van der Waals surface area contributed by atoms with Gasteiger partial charge in [-0.1, -0.05) is 48.0 Å². The molecule has 2 aromatic carbocycles. The topological polar surface area (TPSA) is 49.3 Å². The average Bonchev–Trinajstić information content (AvgIpc) is 2.40. The number of nitrogens with one attached hydrogen (secondary N) is 1. The maximum absolute atomic E-state index is 11.9. The summed E-state index contributed by atoms with van der Waals surface area (Å²) >= 11 is 5.75. The first-order valence-electron chi connectivity index (χ1n) is 5.48. The van der Waals surface area contributed by atoms with Gasteiger partial charge < -0.3 is 10.4 Å². The average molecular weight is 262 g/mol. The zero-order valence-corrected chi connectivity index (χ0v) is 10.3. The molecule has 2 rings (SSSR count). The summed E-state index contributed by atoms with van der Waals surface area (Å²) in [5.41, 5.74) is 1.17. The number of carbonyl (C=O) groups is 1. The van der Waals surface area contributed by atoms with Crippen LogP contribution >= 0.6 is 11.6 Å². The molecule has 0 fully saturated rings. The van der Waals surface area contributed by atoms with Gasteiger partial charge in [0.15, 0.2) is 0 Å². The molecule has 0 atom stereocenters. The zero-order chi connectivity index (χ0) is 13.0. The van der Waals surface area contributed by atoms with Gasteiger partial charge in [-0.2, -0.15) is 0 Å². The summed E-state index contributed by atoms with van der Waals surface area (Å²) in [4.78, 5) is 11.9. The van der Waals surface area contributed by atoms with E-state index in [2.05, 4.69) is 5.32 Å². The van der Waals surface area contributed by atoms with E-state index in [4.69, 9.17) is 11.6 Å². The number of hydrogen-bond acceptors (Lipinski definition) is 2. The summed E-state index contributed by atoms with van der Waals surface area (Å²) in [6.07, 6.45) is 0. The normalized spacial score (nSPS) is 10.1. The molecule has 0 saturated carbocycles. The van der Waals surface area contributed by atoms with Gasteiger partial charge in [-0.3, -0.25) is 4.79 Å². The summed E-state index contributed by atoms with van der Waals surface area (Å²) in [6, 6.07) is 14.2. The Balaban J connectivity index is 2.07. The van der Waals surface area contributed by atoms with Gasteiger partial charge in [-0.25, -0.2) is 0 Å². The molecule has 2 N–H and O–H groups in total. The fourth-order valence-electron chi connectivity index (χ4n) is 1.57. The second-order valence-electron chi connectivity index (χ2n) is 3.80. The van der Waals surface area contributed by atoms with Crippen molar-refractivity contribution in [2.45, 2.75) is 6.54 Å². The summed E-state index contributed by atoms with van der Waals surface area (Å²) in [5.74, 6) is -0.538. The van der Waals surface area contributed by atoms with Crippen LogP contribution in [0.25, 0.3) is 0 Å². The van der Waals surface area contributed by atoms with E-state index in [1.54, 1.807) is 6.07 Å². The van der Waals surface area contributed by atoms with Crippen LogP contribution in [0.2, 0.25) is 5.02 Å². The van der Waals surface area contributed by atoms with Crippen molar-refractivity contribution in [1.29, 1.82) is 0 Å². The van der Waals surface area contributed by atoms with Crippen LogP contribution in [0.15, 0.2) is 48.5 Å². The van der Waals surface area contributed by atoms with Crippen LogP contribution in [0, 0.1) is 0 Å². The largest absolute Gasteiger partial charge is 0.506 e. The summed E-state index contributed by atoms with van der Waals surface area (Å²) in [5, 5.41) is 12.6. The molecule has 92 valence electrons. The lowest BCUT2D eigenvalue weighted by molar-refractivity contribution is 0.0948. The lowest BCUT2D eigenvalue weighted by Crippen LogP contribution is -2.22. The molecule has 18 heavy (non-hydrogen) atoms. The second-order valence-corrected chi connectivity index (χ2v) is 4.21. The molecular formula is C14H12ClNO2. The van der Waals surface area contributed by atoms with Crippen molar-refractivity contribution in [2.24, 2.45) is 0 Å². The summed E-state index contributed by atoms with van der Waals surface area (Å²) in [7, 11) is 0. The quantitative estimate of drug-likeness (QED) is 0.892. The minimum Gasteiger partial charge on any atom is -0.506 e. The van der Waals surface area contributed by atoms with Crippen LogP contribution in [0.3, 0.4) is 0 Å². The highest BCUT2D eigenvalue weighted by atomic mass is 35.5. The highest BCUT2D eigenvalue weighted by molar-refractivity contribution is 6.32. The first-order chi connectivity index (χ1) is 8.68.